The van der Waals surface area contributed by atoms with E-state index >= 15 is 0 Å². The first kappa shape index (κ1) is 18.5. The van der Waals surface area contributed by atoms with Gasteiger partial charge in [-0.3, -0.25) is 4.79 Å². The topological polar surface area (TPSA) is 79.0 Å². The van der Waals surface area contributed by atoms with Gasteiger partial charge in [0.15, 0.2) is 9.84 Å². The van der Waals surface area contributed by atoms with E-state index in [-0.39, 0.29) is 18.2 Å². The molecule has 0 bridgehead atoms. The Morgan fingerprint density at radius 3 is 2.62 bits per heavy atom. The number of nitrogens with one attached hydrogen (secondary N) is 2. The molecule has 0 aliphatic heterocycles. The van der Waals surface area contributed by atoms with Crippen molar-refractivity contribution in [3.63, 3.8) is 0 Å². The smallest absolute Gasteiger partial charge is 0.220 e. The van der Waals surface area contributed by atoms with Gasteiger partial charge < -0.3 is 10.3 Å². The number of aromatic nitrogens is 1. The summed E-state index contributed by atoms with van der Waals surface area (Å²) in [5, 5.41) is 3.89. The molecule has 5 nitrogen and oxygen atoms in total. The average molecular weight is 350 g/mol. The molecule has 1 aromatic heterocycles. The number of sulfone groups is 1. The van der Waals surface area contributed by atoms with Crippen molar-refractivity contribution in [2.45, 2.75) is 44.8 Å². The lowest BCUT2D eigenvalue weighted by Crippen LogP contribution is -2.36. The molecule has 24 heavy (non-hydrogen) atoms. The van der Waals surface area contributed by atoms with Gasteiger partial charge in [0.2, 0.25) is 5.91 Å². The molecule has 1 aromatic carbocycles. The van der Waals surface area contributed by atoms with Gasteiger partial charge in [-0.2, -0.15) is 0 Å². The number of fused-ring (bicyclic) bond motifs is 1. The first-order chi connectivity index (χ1) is 11.2. The molecule has 1 amide bonds. The van der Waals surface area contributed by atoms with Crippen LogP contribution in [0.3, 0.4) is 0 Å². The first-order valence-electron chi connectivity index (χ1n) is 8.25. The zero-order chi connectivity index (χ0) is 17.8. The quantitative estimate of drug-likeness (QED) is 0.806. The van der Waals surface area contributed by atoms with Crippen molar-refractivity contribution in [1.29, 1.82) is 0 Å². The molecule has 2 rings (SSSR count). The molecule has 0 aliphatic carbocycles. The van der Waals surface area contributed by atoms with Crippen LogP contribution in [0.4, 0.5) is 0 Å². The van der Waals surface area contributed by atoms with E-state index in [2.05, 4.69) is 16.4 Å². The Hall–Kier alpha value is -1.82. The van der Waals surface area contributed by atoms with Crippen LogP contribution >= 0.6 is 0 Å². The van der Waals surface area contributed by atoms with Gasteiger partial charge in [-0.05, 0) is 45.2 Å². The lowest BCUT2D eigenvalue weighted by molar-refractivity contribution is -0.121. The van der Waals surface area contributed by atoms with Gasteiger partial charge in [-0.1, -0.05) is 18.2 Å². The number of hydrogen-bond acceptors (Lipinski definition) is 3. The molecular formula is C18H26N2O3S. The maximum absolute atomic E-state index is 12.0. The molecular weight excluding hydrogens is 324 g/mol. The number of benzene rings is 1. The number of aryl methyl sites for hydroxylation is 1. The molecule has 0 fully saturated rings. The first-order valence-corrected chi connectivity index (χ1v) is 9.90. The number of amides is 1. The van der Waals surface area contributed by atoms with E-state index in [0.717, 1.165) is 18.4 Å². The highest BCUT2D eigenvalue weighted by Crippen LogP contribution is 2.19. The molecule has 0 radical (unpaired) electrons. The van der Waals surface area contributed by atoms with Crippen molar-refractivity contribution in [2.24, 2.45) is 0 Å². The van der Waals surface area contributed by atoms with Gasteiger partial charge >= 0.3 is 0 Å². The van der Waals surface area contributed by atoms with Crippen LogP contribution in [-0.4, -0.2) is 36.4 Å². The second-order valence-corrected chi connectivity index (χ2v) is 9.86. The third-order valence-corrected chi connectivity index (χ3v) is 6.76. The van der Waals surface area contributed by atoms with E-state index in [9.17, 15) is 13.2 Å². The highest BCUT2D eigenvalue weighted by atomic mass is 32.2. The predicted molar refractivity (Wildman–Crippen MR) is 97.8 cm³/mol. The maximum Gasteiger partial charge on any atom is 0.220 e. The fraction of sp³-hybridized carbons (Fsp3) is 0.500. The monoisotopic (exact) mass is 350 g/mol. The summed E-state index contributed by atoms with van der Waals surface area (Å²) in [6.45, 7) is 5.19. The number of carbonyl (C=O) groups excluding carboxylic acids is 1. The molecule has 2 aromatic rings. The summed E-state index contributed by atoms with van der Waals surface area (Å²) in [5.74, 6) is -0.121. The molecule has 1 heterocycles. The molecule has 0 aliphatic rings. The highest BCUT2D eigenvalue weighted by Gasteiger charge is 2.28. The number of rotatable bonds is 7. The molecule has 0 unspecified atom stereocenters. The van der Waals surface area contributed by atoms with E-state index < -0.39 is 14.6 Å². The third kappa shape index (κ3) is 4.60. The van der Waals surface area contributed by atoms with Gasteiger partial charge in [0.1, 0.15) is 0 Å². The summed E-state index contributed by atoms with van der Waals surface area (Å²) in [7, 11) is -3.19. The summed E-state index contributed by atoms with van der Waals surface area (Å²) in [5.41, 5.74) is 2.30. The van der Waals surface area contributed by atoms with Crippen LogP contribution in [0.15, 0.2) is 30.5 Å². The normalized spacial score (nSPS) is 12.5. The summed E-state index contributed by atoms with van der Waals surface area (Å²) in [6.07, 6.45) is 3.94. The predicted octanol–water partition coefficient (Wildman–Crippen LogP) is 2.82. The Balaban J connectivity index is 1.74. The number of H-pyrrole nitrogens is 1. The van der Waals surface area contributed by atoms with Crippen LogP contribution < -0.4 is 5.32 Å². The fourth-order valence-corrected chi connectivity index (χ4v) is 3.48. The van der Waals surface area contributed by atoms with E-state index in [1.54, 1.807) is 20.8 Å². The van der Waals surface area contributed by atoms with Crippen LogP contribution in [0.5, 0.6) is 0 Å². The van der Waals surface area contributed by atoms with E-state index in [1.165, 1.54) is 10.9 Å². The lowest BCUT2D eigenvalue weighted by Gasteiger charge is -2.19. The second kappa shape index (κ2) is 7.38. The van der Waals surface area contributed by atoms with Crippen LogP contribution in [0.2, 0.25) is 0 Å². The van der Waals surface area contributed by atoms with Crippen molar-refractivity contribution in [3.8, 4) is 0 Å². The van der Waals surface area contributed by atoms with Crippen molar-refractivity contribution in [1.82, 2.24) is 10.3 Å². The largest absolute Gasteiger partial charge is 0.361 e. The van der Waals surface area contributed by atoms with Crippen molar-refractivity contribution >= 4 is 26.6 Å². The number of aromatic amines is 1. The van der Waals surface area contributed by atoms with Crippen molar-refractivity contribution in [3.05, 3.63) is 36.0 Å². The minimum Gasteiger partial charge on any atom is -0.361 e. The van der Waals surface area contributed by atoms with Crippen LogP contribution in [0.1, 0.15) is 39.2 Å². The minimum atomic E-state index is -3.19. The molecule has 0 atom stereocenters. The van der Waals surface area contributed by atoms with E-state index in [1.807, 2.05) is 24.4 Å². The highest BCUT2D eigenvalue weighted by molar-refractivity contribution is 7.92. The Morgan fingerprint density at radius 1 is 1.21 bits per heavy atom. The summed E-state index contributed by atoms with van der Waals surface area (Å²) < 4.78 is 23.2. The average Bonchev–Trinajstić information content (AvgIpc) is 2.89. The van der Waals surface area contributed by atoms with Gasteiger partial charge in [-0.25, -0.2) is 8.42 Å². The van der Waals surface area contributed by atoms with E-state index in [4.69, 9.17) is 0 Å². The minimum absolute atomic E-state index is 0.0231. The van der Waals surface area contributed by atoms with Crippen LogP contribution in [-0.2, 0) is 21.1 Å². The molecule has 0 saturated heterocycles. The molecule has 0 saturated carbocycles. The van der Waals surface area contributed by atoms with Gasteiger partial charge in [0.25, 0.3) is 0 Å². The Bertz CT molecular complexity index is 801. The Labute approximate surface area is 143 Å². The van der Waals surface area contributed by atoms with Crippen LogP contribution in [0, 0.1) is 0 Å². The maximum atomic E-state index is 12.0. The third-order valence-electron chi connectivity index (χ3n) is 4.15. The summed E-state index contributed by atoms with van der Waals surface area (Å²) in [6, 6.07) is 8.09. The number of para-hydroxylation sites is 1. The molecule has 0 spiro atoms. The molecule has 132 valence electrons. The number of hydrogen-bond donors (Lipinski definition) is 2. The Kier molecular flexibility index (Phi) is 5.70. The molecule has 6 heteroatoms. The van der Waals surface area contributed by atoms with Crippen LogP contribution in [0.25, 0.3) is 10.9 Å². The number of carbonyl (C=O) groups is 1. The lowest BCUT2D eigenvalue weighted by atomic mass is 10.1. The molecule has 2 N–H and O–H groups in total. The SMILES string of the molecule is CC(C)(C)S(=O)(=O)CCNC(=O)CCCc1c[nH]c2ccccc12. The van der Waals surface area contributed by atoms with Gasteiger partial charge in [-0.15, -0.1) is 0 Å². The summed E-state index contributed by atoms with van der Waals surface area (Å²) in [4.78, 5) is 15.1. The van der Waals surface area contributed by atoms with Crippen molar-refractivity contribution in [2.75, 3.05) is 12.3 Å². The zero-order valence-electron chi connectivity index (χ0n) is 14.6. The van der Waals surface area contributed by atoms with E-state index in [0.29, 0.717) is 6.42 Å². The second-order valence-electron chi connectivity index (χ2n) is 6.99. The standard InChI is InChI=1S/C18H26N2O3S/c1-18(2,3)24(22,23)12-11-19-17(21)10-6-7-14-13-20-16-9-5-4-8-15(14)16/h4-5,8-9,13,20H,6-7,10-12H2,1-3H3,(H,19,21). The van der Waals surface area contributed by atoms with Gasteiger partial charge in [0.05, 0.1) is 10.5 Å². The fourth-order valence-electron chi connectivity index (χ4n) is 2.50. The Morgan fingerprint density at radius 2 is 1.92 bits per heavy atom. The van der Waals surface area contributed by atoms with Gasteiger partial charge in [0, 0.05) is 30.1 Å². The zero-order valence-corrected chi connectivity index (χ0v) is 15.4. The van der Waals surface area contributed by atoms with Crippen molar-refractivity contribution < 1.29 is 13.2 Å². The summed E-state index contributed by atoms with van der Waals surface area (Å²) >= 11 is 0.